The zero-order chi connectivity index (χ0) is 22.5. The third kappa shape index (κ3) is 5.23. The quantitative estimate of drug-likeness (QED) is 0.541. The Morgan fingerprint density at radius 3 is 2.30 bits per heavy atom. The molecule has 166 valence electrons. The Labute approximate surface area is 177 Å². The summed E-state index contributed by atoms with van der Waals surface area (Å²) in [4.78, 5) is 37.4. The van der Waals surface area contributed by atoms with Gasteiger partial charge in [-0.3, -0.25) is 4.79 Å². The number of nitrogens with zero attached hydrogens (tertiary/aromatic N) is 1. The van der Waals surface area contributed by atoms with E-state index in [9.17, 15) is 24.6 Å². The number of aryl methyl sites for hydroxylation is 1. The van der Waals surface area contributed by atoms with Gasteiger partial charge in [0.1, 0.15) is 0 Å². The maximum atomic E-state index is 12.5. The van der Waals surface area contributed by atoms with Gasteiger partial charge in [-0.05, 0) is 43.1 Å². The van der Waals surface area contributed by atoms with Crippen molar-refractivity contribution in [3.05, 3.63) is 35.9 Å². The Hall–Kier alpha value is -2.77. The highest BCUT2D eigenvalue weighted by Crippen LogP contribution is 2.47. The van der Waals surface area contributed by atoms with Gasteiger partial charge >= 0.3 is 12.2 Å². The molecule has 0 bridgehead atoms. The number of benzene rings is 1. The lowest BCUT2D eigenvalue weighted by Crippen LogP contribution is -2.71. The number of hydrogen-bond donors (Lipinski definition) is 4. The maximum absolute atomic E-state index is 12.5. The molecule has 30 heavy (non-hydrogen) atoms. The average molecular weight is 420 g/mol. The van der Waals surface area contributed by atoms with Gasteiger partial charge in [0, 0.05) is 20.0 Å². The minimum atomic E-state index is -1.23. The van der Waals surface area contributed by atoms with Crippen molar-refractivity contribution in [3.63, 3.8) is 0 Å². The monoisotopic (exact) mass is 419 g/mol. The molecule has 3 amide bonds. The largest absolute Gasteiger partial charge is 0.465 e. The van der Waals surface area contributed by atoms with Gasteiger partial charge < -0.3 is 25.7 Å². The van der Waals surface area contributed by atoms with E-state index in [1.807, 2.05) is 44.2 Å². The van der Waals surface area contributed by atoms with E-state index >= 15 is 0 Å². The molecular formula is C22H33N3O5. The SMILES string of the molecule is CN(C)C(=O)[C@H]1CC[C@](NC(=O)O)(C(C)(C)CCc2ccccc2)[C@H](NC(=O)O)C1. The number of amides is 3. The first-order valence-electron chi connectivity index (χ1n) is 10.2. The predicted molar refractivity (Wildman–Crippen MR) is 113 cm³/mol. The van der Waals surface area contributed by atoms with Gasteiger partial charge in [-0.25, -0.2) is 9.59 Å². The molecule has 0 aromatic heterocycles. The van der Waals surface area contributed by atoms with Crippen LogP contribution in [0.1, 0.15) is 45.1 Å². The van der Waals surface area contributed by atoms with Crippen LogP contribution in [-0.2, 0) is 11.2 Å². The number of carbonyl (C=O) groups is 3. The summed E-state index contributed by atoms with van der Waals surface area (Å²) in [6.07, 6.45) is 0.0714. The second kappa shape index (κ2) is 9.36. The van der Waals surface area contributed by atoms with E-state index in [0.717, 1.165) is 12.0 Å². The topological polar surface area (TPSA) is 119 Å². The Kier molecular flexibility index (Phi) is 7.34. The molecule has 0 spiro atoms. The molecular weight excluding hydrogens is 386 g/mol. The smallest absolute Gasteiger partial charge is 0.405 e. The first-order valence-corrected chi connectivity index (χ1v) is 10.2. The molecule has 1 fully saturated rings. The van der Waals surface area contributed by atoms with Crippen molar-refractivity contribution in [1.29, 1.82) is 0 Å². The molecule has 3 atom stereocenters. The number of nitrogens with one attached hydrogen (secondary N) is 2. The van der Waals surface area contributed by atoms with Crippen LogP contribution < -0.4 is 10.6 Å². The Morgan fingerprint density at radius 1 is 1.13 bits per heavy atom. The molecule has 8 heteroatoms. The summed E-state index contributed by atoms with van der Waals surface area (Å²) in [5.41, 5.74) is -0.467. The molecule has 0 radical (unpaired) electrons. The summed E-state index contributed by atoms with van der Waals surface area (Å²) in [6, 6.07) is 9.18. The lowest BCUT2D eigenvalue weighted by Gasteiger charge is -2.55. The van der Waals surface area contributed by atoms with E-state index in [4.69, 9.17) is 0 Å². The highest BCUT2D eigenvalue weighted by molar-refractivity contribution is 5.79. The summed E-state index contributed by atoms with van der Waals surface area (Å²) in [5.74, 6) is -0.427. The third-order valence-corrected chi connectivity index (χ3v) is 6.51. The van der Waals surface area contributed by atoms with Crippen LogP contribution in [0.15, 0.2) is 30.3 Å². The van der Waals surface area contributed by atoms with E-state index < -0.39 is 29.2 Å². The molecule has 4 N–H and O–H groups in total. The van der Waals surface area contributed by atoms with Crippen LogP contribution >= 0.6 is 0 Å². The molecule has 2 rings (SSSR count). The predicted octanol–water partition coefficient (Wildman–Crippen LogP) is 3.18. The zero-order valence-electron chi connectivity index (χ0n) is 18.1. The van der Waals surface area contributed by atoms with Crippen molar-refractivity contribution in [3.8, 4) is 0 Å². The van der Waals surface area contributed by atoms with Crippen LogP contribution in [0.2, 0.25) is 0 Å². The van der Waals surface area contributed by atoms with E-state index in [2.05, 4.69) is 10.6 Å². The number of rotatable bonds is 7. The molecule has 1 aliphatic rings. The van der Waals surface area contributed by atoms with Gasteiger partial charge in [-0.15, -0.1) is 0 Å². The van der Waals surface area contributed by atoms with Gasteiger partial charge in [-0.2, -0.15) is 0 Å². The second-order valence-electron chi connectivity index (χ2n) is 8.98. The molecule has 0 unspecified atom stereocenters. The molecule has 0 saturated heterocycles. The minimum Gasteiger partial charge on any atom is -0.465 e. The molecule has 1 saturated carbocycles. The summed E-state index contributed by atoms with van der Waals surface area (Å²) in [6.45, 7) is 3.94. The van der Waals surface area contributed by atoms with Crippen molar-refractivity contribution in [2.45, 2.75) is 57.5 Å². The summed E-state index contributed by atoms with van der Waals surface area (Å²) in [7, 11) is 3.34. The first-order chi connectivity index (χ1) is 14.0. The van der Waals surface area contributed by atoms with Crippen LogP contribution in [0.5, 0.6) is 0 Å². The van der Waals surface area contributed by atoms with Crippen LogP contribution in [0.25, 0.3) is 0 Å². The molecule has 1 aliphatic carbocycles. The van der Waals surface area contributed by atoms with Crippen LogP contribution in [0, 0.1) is 11.3 Å². The van der Waals surface area contributed by atoms with Crippen LogP contribution in [0.4, 0.5) is 9.59 Å². The number of carboxylic acid groups (broad SMARTS) is 2. The van der Waals surface area contributed by atoms with Crippen molar-refractivity contribution >= 4 is 18.1 Å². The van der Waals surface area contributed by atoms with Crippen molar-refractivity contribution in [1.82, 2.24) is 15.5 Å². The number of hydrogen-bond acceptors (Lipinski definition) is 3. The Bertz CT molecular complexity index is 765. The van der Waals surface area contributed by atoms with Gasteiger partial charge in [0.05, 0.1) is 11.6 Å². The van der Waals surface area contributed by atoms with E-state index in [-0.39, 0.29) is 18.2 Å². The van der Waals surface area contributed by atoms with E-state index in [0.29, 0.717) is 19.3 Å². The van der Waals surface area contributed by atoms with Gasteiger partial charge in [-0.1, -0.05) is 44.2 Å². The maximum Gasteiger partial charge on any atom is 0.405 e. The van der Waals surface area contributed by atoms with Gasteiger partial charge in [0.2, 0.25) is 5.91 Å². The highest BCUT2D eigenvalue weighted by atomic mass is 16.4. The normalized spacial score (nSPS) is 24.0. The molecule has 0 aliphatic heterocycles. The lowest BCUT2D eigenvalue weighted by atomic mass is 9.58. The van der Waals surface area contributed by atoms with Crippen LogP contribution in [-0.4, -0.2) is 58.9 Å². The summed E-state index contributed by atoms with van der Waals surface area (Å²) in [5, 5.41) is 24.3. The minimum absolute atomic E-state index is 0.0711. The van der Waals surface area contributed by atoms with Crippen LogP contribution in [0.3, 0.4) is 0 Å². The standard InChI is InChI=1S/C22H33N3O5/c1-21(2,12-10-15-8-6-5-7-9-15)22(24-20(29)30)13-11-16(18(26)25(3)4)14-17(22)23-19(27)28/h5-9,16-17,23-24H,10-14H2,1-4H3,(H,27,28)(H,29,30)/t16-,17+,22+/m0/s1. The van der Waals surface area contributed by atoms with Crippen molar-refractivity contribution in [2.75, 3.05) is 14.1 Å². The van der Waals surface area contributed by atoms with Crippen molar-refractivity contribution in [2.24, 2.45) is 11.3 Å². The van der Waals surface area contributed by atoms with Gasteiger partial charge in [0.15, 0.2) is 0 Å². The molecule has 8 nitrogen and oxygen atoms in total. The fraction of sp³-hybridized carbons (Fsp3) is 0.591. The van der Waals surface area contributed by atoms with E-state index in [1.54, 1.807) is 14.1 Å². The highest BCUT2D eigenvalue weighted by Gasteiger charge is 2.55. The zero-order valence-corrected chi connectivity index (χ0v) is 18.1. The van der Waals surface area contributed by atoms with Crippen molar-refractivity contribution < 1.29 is 24.6 Å². The third-order valence-electron chi connectivity index (χ3n) is 6.51. The Morgan fingerprint density at radius 2 is 1.77 bits per heavy atom. The lowest BCUT2D eigenvalue weighted by molar-refractivity contribution is -0.135. The van der Waals surface area contributed by atoms with Gasteiger partial charge in [0.25, 0.3) is 0 Å². The average Bonchev–Trinajstić information content (AvgIpc) is 2.67. The fourth-order valence-electron chi connectivity index (χ4n) is 4.74. The van der Waals surface area contributed by atoms with E-state index in [1.165, 1.54) is 4.90 Å². The summed E-state index contributed by atoms with van der Waals surface area (Å²) < 4.78 is 0. The Balaban J connectivity index is 2.37. The molecule has 0 heterocycles. The molecule has 1 aromatic rings. The number of carbonyl (C=O) groups excluding carboxylic acids is 1. The first kappa shape index (κ1) is 23.5. The summed E-state index contributed by atoms with van der Waals surface area (Å²) >= 11 is 0. The molecule has 1 aromatic carbocycles. The fourth-order valence-corrected chi connectivity index (χ4v) is 4.74. The second-order valence-corrected chi connectivity index (χ2v) is 8.98.